The van der Waals surface area contributed by atoms with E-state index in [1.54, 1.807) is 21.0 Å². The summed E-state index contributed by atoms with van der Waals surface area (Å²) in [6.45, 7) is 13.2. The Balaban J connectivity index is 3.31. The van der Waals surface area contributed by atoms with Gasteiger partial charge in [-0.25, -0.2) is 0 Å². The molecule has 0 atom stereocenters. The molecule has 0 aliphatic carbocycles. The van der Waals surface area contributed by atoms with Gasteiger partial charge in [0.1, 0.15) is 5.60 Å². The van der Waals surface area contributed by atoms with Crippen LogP contribution in [0.25, 0.3) is 0 Å². The molecule has 1 aromatic carbocycles. The summed E-state index contributed by atoms with van der Waals surface area (Å²) in [4.78, 5) is 11.6. The third kappa shape index (κ3) is 3.54. The SMILES string of the molecule is COc1cc(C(C)(C)C(C)(C)C(=O)O)ccc1OC(C)(C)C. The molecule has 124 valence electrons. The fourth-order valence-corrected chi connectivity index (χ4v) is 2.10. The van der Waals surface area contributed by atoms with Crippen LogP contribution in [0.4, 0.5) is 0 Å². The van der Waals surface area contributed by atoms with E-state index in [2.05, 4.69) is 0 Å². The third-order valence-corrected chi connectivity index (χ3v) is 4.40. The van der Waals surface area contributed by atoms with Crippen molar-refractivity contribution in [1.82, 2.24) is 0 Å². The molecule has 0 unspecified atom stereocenters. The first-order valence-corrected chi connectivity index (χ1v) is 7.44. The standard InChI is InChI=1S/C18H28O4/c1-16(2,3)22-13-10-9-12(11-14(13)21-8)17(4,5)18(6,7)15(19)20/h9-11H,1-8H3,(H,19,20). The van der Waals surface area contributed by atoms with Crippen molar-refractivity contribution in [2.75, 3.05) is 7.11 Å². The minimum Gasteiger partial charge on any atom is -0.493 e. The van der Waals surface area contributed by atoms with Gasteiger partial charge in [-0.1, -0.05) is 19.9 Å². The summed E-state index contributed by atoms with van der Waals surface area (Å²) in [5.41, 5.74) is -0.903. The van der Waals surface area contributed by atoms with Gasteiger partial charge in [0.15, 0.2) is 11.5 Å². The van der Waals surface area contributed by atoms with Gasteiger partial charge >= 0.3 is 5.97 Å². The predicted molar refractivity (Wildman–Crippen MR) is 87.8 cm³/mol. The molecular weight excluding hydrogens is 280 g/mol. The normalized spacial score (nSPS) is 12.9. The van der Waals surface area contributed by atoms with Crippen LogP contribution < -0.4 is 9.47 Å². The quantitative estimate of drug-likeness (QED) is 0.883. The summed E-state index contributed by atoms with van der Waals surface area (Å²) in [6.07, 6.45) is 0. The van der Waals surface area contributed by atoms with Crippen LogP contribution >= 0.6 is 0 Å². The highest BCUT2D eigenvalue weighted by Crippen LogP contribution is 2.44. The molecule has 0 saturated carbocycles. The van der Waals surface area contributed by atoms with Crippen LogP contribution in [0.2, 0.25) is 0 Å². The Morgan fingerprint density at radius 3 is 1.95 bits per heavy atom. The smallest absolute Gasteiger partial charge is 0.309 e. The van der Waals surface area contributed by atoms with Crippen LogP contribution in [0.3, 0.4) is 0 Å². The lowest BCUT2D eigenvalue weighted by Crippen LogP contribution is -2.42. The first-order chi connectivity index (χ1) is 9.83. The Labute approximate surface area is 133 Å². The number of carboxylic acid groups (broad SMARTS) is 1. The summed E-state index contributed by atoms with van der Waals surface area (Å²) in [6, 6.07) is 5.62. The van der Waals surface area contributed by atoms with Crippen molar-refractivity contribution in [3.05, 3.63) is 23.8 Å². The van der Waals surface area contributed by atoms with Crippen molar-refractivity contribution in [2.45, 2.75) is 59.5 Å². The highest BCUT2D eigenvalue weighted by atomic mass is 16.5. The molecule has 4 heteroatoms. The van der Waals surface area contributed by atoms with E-state index in [1.165, 1.54) is 0 Å². The fraction of sp³-hybridized carbons (Fsp3) is 0.611. The maximum absolute atomic E-state index is 11.6. The van der Waals surface area contributed by atoms with E-state index in [-0.39, 0.29) is 5.60 Å². The van der Waals surface area contributed by atoms with Gasteiger partial charge in [0.05, 0.1) is 12.5 Å². The van der Waals surface area contributed by atoms with E-state index < -0.39 is 16.8 Å². The third-order valence-electron chi connectivity index (χ3n) is 4.40. The Morgan fingerprint density at radius 1 is 1.00 bits per heavy atom. The van der Waals surface area contributed by atoms with E-state index in [9.17, 15) is 9.90 Å². The van der Waals surface area contributed by atoms with Crippen LogP contribution in [-0.4, -0.2) is 23.8 Å². The Morgan fingerprint density at radius 2 is 1.55 bits per heavy atom. The Bertz CT molecular complexity index is 551. The van der Waals surface area contributed by atoms with Crippen molar-refractivity contribution in [3.63, 3.8) is 0 Å². The molecule has 0 amide bonds. The van der Waals surface area contributed by atoms with Gasteiger partial charge in [0.2, 0.25) is 0 Å². The number of aliphatic carboxylic acids is 1. The highest BCUT2D eigenvalue weighted by molar-refractivity contribution is 5.76. The molecule has 0 radical (unpaired) electrons. The number of ether oxygens (including phenoxy) is 2. The Hall–Kier alpha value is -1.71. The van der Waals surface area contributed by atoms with Crippen LogP contribution in [0, 0.1) is 5.41 Å². The summed E-state index contributed by atoms with van der Waals surface area (Å²) < 4.78 is 11.3. The minimum atomic E-state index is -0.912. The largest absolute Gasteiger partial charge is 0.493 e. The molecule has 0 fully saturated rings. The van der Waals surface area contributed by atoms with Crippen LogP contribution in [0.5, 0.6) is 11.5 Å². The van der Waals surface area contributed by atoms with Crippen molar-refractivity contribution in [1.29, 1.82) is 0 Å². The average molecular weight is 308 g/mol. The molecule has 22 heavy (non-hydrogen) atoms. The lowest BCUT2D eigenvalue weighted by molar-refractivity contribution is -0.150. The number of rotatable bonds is 5. The van der Waals surface area contributed by atoms with E-state index >= 15 is 0 Å². The molecule has 0 spiro atoms. The van der Waals surface area contributed by atoms with Crippen molar-refractivity contribution in [3.8, 4) is 11.5 Å². The van der Waals surface area contributed by atoms with Gasteiger partial charge in [0, 0.05) is 5.41 Å². The van der Waals surface area contributed by atoms with Gasteiger partial charge in [-0.2, -0.15) is 0 Å². The fourth-order valence-electron chi connectivity index (χ4n) is 2.10. The highest BCUT2D eigenvalue weighted by Gasteiger charge is 2.44. The zero-order chi connectivity index (χ0) is 17.3. The van der Waals surface area contributed by atoms with Gasteiger partial charge in [-0.3, -0.25) is 4.79 Å². The number of carboxylic acids is 1. The molecule has 0 saturated heterocycles. The first-order valence-electron chi connectivity index (χ1n) is 7.44. The van der Waals surface area contributed by atoms with E-state index in [0.717, 1.165) is 5.56 Å². The molecule has 0 aromatic heterocycles. The second-order valence-corrected chi connectivity index (χ2v) is 7.64. The number of carbonyl (C=O) groups is 1. The minimum absolute atomic E-state index is 0.329. The predicted octanol–water partition coefficient (Wildman–Crippen LogP) is 4.26. The zero-order valence-electron chi connectivity index (χ0n) is 14.9. The van der Waals surface area contributed by atoms with Crippen molar-refractivity contribution >= 4 is 5.97 Å². The molecule has 0 aliphatic heterocycles. The lowest BCUT2D eigenvalue weighted by Gasteiger charge is -2.39. The van der Waals surface area contributed by atoms with Crippen LogP contribution in [-0.2, 0) is 10.2 Å². The molecule has 0 heterocycles. The lowest BCUT2D eigenvalue weighted by atomic mass is 9.64. The zero-order valence-corrected chi connectivity index (χ0v) is 14.9. The van der Waals surface area contributed by atoms with E-state index in [1.807, 2.05) is 52.8 Å². The first kappa shape index (κ1) is 18.3. The molecule has 0 aliphatic rings. The van der Waals surface area contributed by atoms with Crippen molar-refractivity contribution < 1.29 is 19.4 Å². The van der Waals surface area contributed by atoms with E-state index in [0.29, 0.717) is 11.5 Å². The summed E-state index contributed by atoms with van der Waals surface area (Å²) in [7, 11) is 1.59. The van der Waals surface area contributed by atoms with Gasteiger partial charge in [0.25, 0.3) is 0 Å². The summed E-state index contributed by atoms with van der Waals surface area (Å²) in [5.74, 6) is 0.441. The number of hydrogen-bond donors (Lipinski definition) is 1. The van der Waals surface area contributed by atoms with Crippen molar-refractivity contribution in [2.24, 2.45) is 5.41 Å². The second-order valence-electron chi connectivity index (χ2n) is 7.64. The summed E-state index contributed by atoms with van der Waals surface area (Å²) >= 11 is 0. The maximum atomic E-state index is 11.6. The monoisotopic (exact) mass is 308 g/mol. The molecule has 4 nitrogen and oxygen atoms in total. The average Bonchev–Trinajstić information content (AvgIpc) is 2.36. The molecule has 1 rings (SSSR count). The van der Waals surface area contributed by atoms with E-state index in [4.69, 9.17) is 9.47 Å². The van der Waals surface area contributed by atoms with Gasteiger partial charge < -0.3 is 14.6 Å². The number of hydrogen-bond acceptors (Lipinski definition) is 3. The number of methoxy groups -OCH3 is 1. The summed E-state index contributed by atoms with van der Waals surface area (Å²) in [5, 5.41) is 9.52. The van der Waals surface area contributed by atoms with Crippen LogP contribution in [0.1, 0.15) is 54.0 Å². The topological polar surface area (TPSA) is 55.8 Å². The molecule has 1 aromatic rings. The second kappa shape index (κ2) is 5.82. The molecule has 0 bridgehead atoms. The van der Waals surface area contributed by atoms with Gasteiger partial charge in [-0.15, -0.1) is 0 Å². The maximum Gasteiger partial charge on any atom is 0.309 e. The Kier molecular flexibility index (Phi) is 4.85. The number of benzene rings is 1. The van der Waals surface area contributed by atoms with Gasteiger partial charge in [-0.05, 0) is 52.3 Å². The molecular formula is C18H28O4. The molecule has 1 N–H and O–H groups in total. The van der Waals surface area contributed by atoms with Crippen LogP contribution in [0.15, 0.2) is 18.2 Å².